The Kier molecular flexibility index (Phi) is 7.55. The first-order valence-corrected chi connectivity index (χ1v) is 12.1. The Morgan fingerprint density at radius 3 is 2.33 bits per heavy atom. The Balaban J connectivity index is 0.000000806. The number of hydrogen-bond acceptors (Lipinski definition) is 5. The van der Waals surface area contributed by atoms with Gasteiger partial charge in [-0.05, 0) is 76.1 Å². The molecule has 2 aliphatic carbocycles. The number of carbonyl (C=O) groups is 1. The zero-order valence-corrected chi connectivity index (χ0v) is 18.9. The number of carboxylic acid groups (broad SMARTS) is 1. The smallest absolute Gasteiger partial charge is 0.290 e. The zero-order chi connectivity index (χ0) is 21.9. The van der Waals surface area contributed by atoms with Crippen molar-refractivity contribution in [3.05, 3.63) is 29.8 Å². The fraction of sp³-hybridized carbons (Fsp3) is 0.682. The van der Waals surface area contributed by atoms with E-state index < -0.39 is 10.0 Å². The van der Waals surface area contributed by atoms with Crippen LogP contribution in [0.4, 0.5) is 0 Å². The van der Waals surface area contributed by atoms with Crippen LogP contribution >= 0.6 is 0 Å². The number of fused-ring (bicyclic) bond motifs is 1. The van der Waals surface area contributed by atoms with Crippen molar-refractivity contribution in [1.29, 1.82) is 0 Å². The first-order valence-electron chi connectivity index (χ1n) is 10.7. The van der Waals surface area contributed by atoms with Gasteiger partial charge in [0.25, 0.3) is 6.47 Å². The van der Waals surface area contributed by atoms with Gasteiger partial charge >= 0.3 is 0 Å². The average molecular weight is 439 g/mol. The van der Waals surface area contributed by atoms with Gasteiger partial charge in [-0.15, -0.1) is 0 Å². The molecule has 1 N–H and O–H groups in total. The number of ether oxygens (including phenoxy) is 1. The fourth-order valence-corrected chi connectivity index (χ4v) is 6.57. The molecule has 1 aromatic carbocycles. The van der Waals surface area contributed by atoms with Gasteiger partial charge in [0, 0.05) is 25.7 Å². The lowest BCUT2D eigenvalue weighted by Gasteiger charge is -2.41. The lowest BCUT2D eigenvalue weighted by molar-refractivity contribution is -0.122. The number of rotatable bonds is 6. The Hall–Kier alpha value is -1.48. The number of aryl methyl sites for hydroxylation is 1. The minimum Gasteiger partial charge on any atom is -0.483 e. The topological polar surface area (TPSA) is 87.2 Å². The SMILES string of the molecule is Cc1ccccc1S(=O)(=O)N1C[C@H]2C[C@@H](N(C)C)[C@H](OCC3CC3)C[C@H]2C1.O=CO. The molecule has 1 saturated heterocycles. The van der Waals surface area contributed by atoms with Crippen LogP contribution in [0.15, 0.2) is 29.2 Å². The molecule has 0 unspecified atom stereocenters. The Morgan fingerprint density at radius 2 is 1.77 bits per heavy atom. The first kappa shape index (κ1) is 23.2. The van der Waals surface area contributed by atoms with Crippen LogP contribution in [0, 0.1) is 24.7 Å². The van der Waals surface area contributed by atoms with Crippen LogP contribution in [0.2, 0.25) is 0 Å². The third-order valence-electron chi connectivity index (χ3n) is 6.67. The maximum Gasteiger partial charge on any atom is 0.290 e. The normalized spacial score (nSPS) is 29.2. The summed E-state index contributed by atoms with van der Waals surface area (Å²) in [6.45, 7) is 3.77. The summed E-state index contributed by atoms with van der Waals surface area (Å²) in [5.41, 5.74) is 0.823. The molecular weight excluding hydrogens is 404 g/mol. The first-order chi connectivity index (χ1) is 14.3. The van der Waals surface area contributed by atoms with Gasteiger partial charge in [-0.3, -0.25) is 4.79 Å². The molecule has 8 heteroatoms. The van der Waals surface area contributed by atoms with Gasteiger partial charge in [0.1, 0.15) is 0 Å². The van der Waals surface area contributed by atoms with Gasteiger partial charge in [-0.2, -0.15) is 4.31 Å². The van der Waals surface area contributed by atoms with Crippen LogP contribution in [-0.2, 0) is 19.6 Å². The van der Waals surface area contributed by atoms with E-state index in [9.17, 15) is 8.42 Å². The standard InChI is InChI=1S/C21H32N2O3S.CH2O2/c1-15-6-4-5-7-21(15)27(24,25)23-12-17-10-19(22(2)3)20(11-18(17)13-23)26-14-16-8-9-16;2-1-3/h4-7,16-20H,8-14H2,1-3H3;1H,(H,2,3)/t17-,18+,19-,20-;/m1./s1. The van der Waals surface area contributed by atoms with Crippen molar-refractivity contribution in [1.82, 2.24) is 9.21 Å². The molecule has 168 valence electrons. The molecule has 1 aliphatic heterocycles. The van der Waals surface area contributed by atoms with E-state index in [-0.39, 0.29) is 12.6 Å². The summed E-state index contributed by atoms with van der Waals surface area (Å²) in [5, 5.41) is 6.89. The number of benzene rings is 1. The van der Waals surface area contributed by atoms with Crippen molar-refractivity contribution in [2.75, 3.05) is 33.8 Å². The van der Waals surface area contributed by atoms with E-state index in [1.54, 1.807) is 10.4 Å². The van der Waals surface area contributed by atoms with Crippen LogP contribution in [-0.4, -0.2) is 75.1 Å². The van der Waals surface area contributed by atoms with Crippen LogP contribution in [0.3, 0.4) is 0 Å². The van der Waals surface area contributed by atoms with Crippen molar-refractivity contribution in [2.24, 2.45) is 17.8 Å². The van der Waals surface area contributed by atoms with E-state index in [0.29, 0.717) is 35.9 Å². The predicted octanol–water partition coefficient (Wildman–Crippen LogP) is 2.45. The molecule has 4 rings (SSSR count). The second-order valence-electron chi connectivity index (χ2n) is 9.03. The van der Waals surface area contributed by atoms with E-state index in [0.717, 1.165) is 30.9 Å². The summed E-state index contributed by atoms with van der Waals surface area (Å²) in [6, 6.07) is 7.69. The van der Waals surface area contributed by atoms with E-state index in [1.165, 1.54) is 12.8 Å². The third-order valence-corrected chi connectivity index (χ3v) is 8.66. The molecule has 1 aromatic rings. The highest BCUT2D eigenvalue weighted by atomic mass is 32.2. The fourth-order valence-electron chi connectivity index (χ4n) is 4.80. The summed E-state index contributed by atoms with van der Waals surface area (Å²) >= 11 is 0. The summed E-state index contributed by atoms with van der Waals surface area (Å²) in [4.78, 5) is 11.1. The molecule has 0 amide bonds. The zero-order valence-electron chi connectivity index (χ0n) is 18.1. The molecule has 1 heterocycles. The van der Waals surface area contributed by atoms with E-state index >= 15 is 0 Å². The van der Waals surface area contributed by atoms with Crippen LogP contribution in [0.5, 0.6) is 0 Å². The van der Waals surface area contributed by atoms with Gasteiger partial charge in [0.15, 0.2) is 0 Å². The summed E-state index contributed by atoms with van der Waals surface area (Å²) < 4.78 is 34.4. The maximum absolute atomic E-state index is 13.2. The summed E-state index contributed by atoms with van der Waals surface area (Å²) in [7, 11) is 0.821. The van der Waals surface area contributed by atoms with Crippen molar-refractivity contribution in [2.45, 2.75) is 49.6 Å². The monoisotopic (exact) mass is 438 g/mol. The molecule has 7 nitrogen and oxygen atoms in total. The van der Waals surface area contributed by atoms with Crippen molar-refractivity contribution in [3.8, 4) is 0 Å². The van der Waals surface area contributed by atoms with Gasteiger partial charge in [0.05, 0.1) is 11.0 Å². The van der Waals surface area contributed by atoms with E-state index in [4.69, 9.17) is 14.6 Å². The number of hydrogen-bond donors (Lipinski definition) is 1. The Labute approximate surface area is 180 Å². The minimum absolute atomic E-state index is 0.225. The molecule has 0 bridgehead atoms. The lowest BCUT2D eigenvalue weighted by Crippen LogP contribution is -2.48. The van der Waals surface area contributed by atoms with Crippen LogP contribution in [0.1, 0.15) is 31.2 Å². The number of nitrogens with zero attached hydrogens (tertiary/aromatic N) is 2. The number of likely N-dealkylation sites (N-methyl/N-ethyl adjacent to an activating group) is 1. The maximum atomic E-state index is 13.2. The van der Waals surface area contributed by atoms with Crippen molar-refractivity contribution >= 4 is 16.5 Å². The molecular formula is C22H34N2O5S. The van der Waals surface area contributed by atoms with Gasteiger partial charge in [-0.25, -0.2) is 8.42 Å². The van der Waals surface area contributed by atoms with Crippen molar-refractivity contribution in [3.63, 3.8) is 0 Å². The van der Waals surface area contributed by atoms with Crippen LogP contribution < -0.4 is 0 Å². The molecule has 0 aromatic heterocycles. The summed E-state index contributed by atoms with van der Waals surface area (Å²) in [6.07, 6.45) is 4.82. The Bertz CT molecular complexity index is 825. The van der Waals surface area contributed by atoms with Gasteiger partial charge in [-0.1, -0.05) is 18.2 Å². The molecule has 30 heavy (non-hydrogen) atoms. The molecule has 3 fully saturated rings. The highest BCUT2D eigenvalue weighted by Crippen LogP contribution is 2.41. The minimum atomic E-state index is -3.42. The third kappa shape index (κ3) is 5.22. The second kappa shape index (κ2) is 9.77. The second-order valence-corrected chi connectivity index (χ2v) is 10.9. The largest absolute Gasteiger partial charge is 0.483 e. The molecule has 3 aliphatic rings. The van der Waals surface area contributed by atoms with Crippen LogP contribution in [0.25, 0.3) is 0 Å². The summed E-state index contributed by atoms with van der Waals surface area (Å²) in [5.74, 6) is 1.59. The van der Waals surface area contributed by atoms with E-state index in [1.807, 2.05) is 25.1 Å². The van der Waals surface area contributed by atoms with Gasteiger partial charge < -0.3 is 14.7 Å². The molecule has 4 atom stereocenters. The average Bonchev–Trinajstić information content (AvgIpc) is 3.43. The quantitative estimate of drug-likeness (QED) is 0.687. The van der Waals surface area contributed by atoms with Crippen molar-refractivity contribution < 1.29 is 23.1 Å². The highest BCUT2D eigenvalue weighted by Gasteiger charge is 2.46. The number of sulfonamides is 1. The molecule has 2 saturated carbocycles. The predicted molar refractivity (Wildman–Crippen MR) is 115 cm³/mol. The highest BCUT2D eigenvalue weighted by molar-refractivity contribution is 7.89. The van der Waals surface area contributed by atoms with E-state index in [2.05, 4.69) is 19.0 Å². The lowest BCUT2D eigenvalue weighted by atomic mass is 9.77. The Morgan fingerprint density at radius 1 is 1.17 bits per heavy atom. The molecule has 0 radical (unpaired) electrons. The van der Waals surface area contributed by atoms with Gasteiger partial charge in [0.2, 0.25) is 10.0 Å². The molecule has 0 spiro atoms.